The Morgan fingerprint density at radius 2 is 1.95 bits per heavy atom. The maximum atomic E-state index is 13.4. The molecular formula is C13H17F2NO3. The van der Waals surface area contributed by atoms with Crippen LogP contribution in [0.1, 0.15) is 5.56 Å². The van der Waals surface area contributed by atoms with Crippen molar-refractivity contribution in [2.24, 2.45) is 0 Å². The molecule has 0 spiro atoms. The van der Waals surface area contributed by atoms with Gasteiger partial charge in [-0.05, 0) is 12.1 Å². The number of ether oxygens (including phenoxy) is 1. The fourth-order valence-electron chi connectivity index (χ4n) is 1.65. The van der Waals surface area contributed by atoms with Gasteiger partial charge in [-0.2, -0.15) is 0 Å². The summed E-state index contributed by atoms with van der Waals surface area (Å²) < 4.78 is 31.7. The quantitative estimate of drug-likeness (QED) is 0.805. The number of hydrogen-bond donors (Lipinski definition) is 1. The second-order valence-corrected chi connectivity index (χ2v) is 3.97. The molecule has 0 fully saturated rings. The standard InChI is InChI=1S/C13H17F2NO3/c1-19-8-6-16(5-7-17)13(18)9-10-11(14)3-2-4-12(10)15/h2-4,17H,5-9H2,1H3. The van der Waals surface area contributed by atoms with Crippen LogP contribution in [-0.4, -0.2) is 49.3 Å². The van der Waals surface area contributed by atoms with Crippen LogP contribution in [0, 0.1) is 11.6 Å². The fourth-order valence-corrected chi connectivity index (χ4v) is 1.65. The Bertz CT molecular complexity index is 406. The zero-order valence-corrected chi connectivity index (χ0v) is 10.7. The summed E-state index contributed by atoms with van der Waals surface area (Å²) >= 11 is 0. The molecule has 0 heterocycles. The summed E-state index contributed by atoms with van der Waals surface area (Å²) in [4.78, 5) is 13.3. The van der Waals surface area contributed by atoms with Crippen LogP contribution in [0.25, 0.3) is 0 Å². The van der Waals surface area contributed by atoms with Crippen molar-refractivity contribution in [1.29, 1.82) is 0 Å². The van der Waals surface area contributed by atoms with Gasteiger partial charge < -0.3 is 14.7 Å². The zero-order valence-electron chi connectivity index (χ0n) is 10.7. The van der Waals surface area contributed by atoms with Crippen molar-refractivity contribution in [3.8, 4) is 0 Å². The highest BCUT2D eigenvalue weighted by Gasteiger charge is 2.18. The van der Waals surface area contributed by atoms with Gasteiger partial charge in [0, 0.05) is 25.8 Å². The molecule has 0 aliphatic heterocycles. The Hall–Kier alpha value is -1.53. The predicted octanol–water partition coefficient (Wildman–Crippen LogP) is 0.975. The lowest BCUT2D eigenvalue weighted by atomic mass is 10.1. The molecule has 0 saturated heterocycles. The van der Waals surface area contributed by atoms with Gasteiger partial charge in [-0.3, -0.25) is 4.79 Å². The Morgan fingerprint density at radius 1 is 1.32 bits per heavy atom. The van der Waals surface area contributed by atoms with Gasteiger partial charge in [0.05, 0.1) is 19.6 Å². The van der Waals surface area contributed by atoms with E-state index in [-0.39, 0.29) is 31.7 Å². The molecule has 1 N–H and O–H groups in total. The maximum Gasteiger partial charge on any atom is 0.227 e. The molecule has 0 aliphatic rings. The van der Waals surface area contributed by atoms with E-state index in [1.54, 1.807) is 0 Å². The van der Waals surface area contributed by atoms with E-state index >= 15 is 0 Å². The highest BCUT2D eigenvalue weighted by Crippen LogP contribution is 2.13. The van der Waals surface area contributed by atoms with Crippen LogP contribution in [0.15, 0.2) is 18.2 Å². The first kappa shape index (κ1) is 15.5. The molecule has 0 aliphatic carbocycles. The molecule has 19 heavy (non-hydrogen) atoms. The van der Waals surface area contributed by atoms with Gasteiger partial charge in [0.2, 0.25) is 5.91 Å². The number of amides is 1. The monoisotopic (exact) mass is 273 g/mol. The van der Waals surface area contributed by atoms with Crippen molar-refractivity contribution in [2.75, 3.05) is 33.4 Å². The average molecular weight is 273 g/mol. The lowest BCUT2D eigenvalue weighted by Crippen LogP contribution is -2.37. The Kier molecular flexibility index (Phi) is 6.38. The van der Waals surface area contributed by atoms with Gasteiger partial charge >= 0.3 is 0 Å². The Morgan fingerprint density at radius 3 is 2.47 bits per heavy atom. The van der Waals surface area contributed by atoms with Gasteiger partial charge in [0.15, 0.2) is 0 Å². The van der Waals surface area contributed by atoms with Gasteiger partial charge in [-0.1, -0.05) is 6.07 Å². The van der Waals surface area contributed by atoms with Crippen LogP contribution in [0.5, 0.6) is 0 Å². The third-order valence-corrected chi connectivity index (χ3v) is 2.68. The number of methoxy groups -OCH3 is 1. The minimum atomic E-state index is -0.746. The second kappa shape index (κ2) is 7.81. The summed E-state index contributed by atoms with van der Waals surface area (Å²) in [5, 5.41) is 8.88. The highest BCUT2D eigenvalue weighted by atomic mass is 19.1. The number of benzene rings is 1. The topological polar surface area (TPSA) is 49.8 Å². The molecule has 1 aromatic carbocycles. The number of carbonyl (C=O) groups excluding carboxylic acids is 1. The third-order valence-electron chi connectivity index (χ3n) is 2.68. The number of aliphatic hydroxyl groups is 1. The molecule has 106 valence electrons. The van der Waals surface area contributed by atoms with Crippen LogP contribution in [0.4, 0.5) is 8.78 Å². The summed E-state index contributed by atoms with van der Waals surface area (Å²) in [5.74, 6) is -1.94. The van der Waals surface area contributed by atoms with E-state index in [9.17, 15) is 13.6 Å². The first-order valence-electron chi connectivity index (χ1n) is 5.90. The molecule has 0 unspecified atom stereocenters. The first-order chi connectivity index (χ1) is 9.10. The highest BCUT2D eigenvalue weighted by molar-refractivity contribution is 5.78. The number of nitrogens with zero attached hydrogens (tertiary/aromatic N) is 1. The predicted molar refractivity (Wildman–Crippen MR) is 65.6 cm³/mol. The van der Waals surface area contributed by atoms with E-state index in [0.29, 0.717) is 6.61 Å². The molecule has 0 saturated carbocycles. The van der Waals surface area contributed by atoms with Crippen LogP contribution in [0.3, 0.4) is 0 Å². The molecular weight excluding hydrogens is 256 g/mol. The van der Waals surface area contributed by atoms with Crippen LogP contribution in [-0.2, 0) is 16.0 Å². The van der Waals surface area contributed by atoms with Crippen LogP contribution < -0.4 is 0 Å². The summed E-state index contributed by atoms with van der Waals surface area (Å²) in [6.45, 7) is 0.463. The van der Waals surface area contributed by atoms with Crippen LogP contribution in [0.2, 0.25) is 0 Å². The Labute approximate surface area is 110 Å². The van der Waals surface area contributed by atoms with Gasteiger partial charge in [0.25, 0.3) is 0 Å². The molecule has 1 aromatic rings. The van der Waals surface area contributed by atoms with Crippen molar-refractivity contribution in [3.05, 3.63) is 35.4 Å². The normalized spacial score (nSPS) is 10.5. The number of halogens is 2. The van der Waals surface area contributed by atoms with E-state index in [4.69, 9.17) is 9.84 Å². The van der Waals surface area contributed by atoms with Crippen LogP contribution >= 0.6 is 0 Å². The second-order valence-electron chi connectivity index (χ2n) is 3.97. The lowest BCUT2D eigenvalue weighted by Gasteiger charge is -2.21. The molecule has 0 radical (unpaired) electrons. The van der Waals surface area contributed by atoms with Crippen molar-refractivity contribution in [3.63, 3.8) is 0 Å². The molecule has 0 aromatic heterocycles. The molecule has 4 nitrogen and oxygen atoms in total. The molecule has 6 heteroatoms. The number of carbonyl (C=O) groups is 1. The van der Waals surface area contributed by atoms with Crippen molar-refractivity contribution in [2.45, 2.75) is 6.42 Å². The van der Waals surface area contributed by atoms with E-state index in [0.717, 1.165) is 12.1 Å². The molecule has 0 atom stereocenters. The van der Waals surface area contributed by atoms with Crippen molar-refractivity contribution < 1.29 is 23.4 Å². The molecule has 1 rings (SSSR count). The third kappa shape index (κ3) is 4.57. The summed E-state index contributed by atoms with van der Waals surface area (Å²) in [5.41, 5.74) is -0.257. The number of rotatable bonds is 7. The van der Waals surface area contributed by atoms with E-state index < -0.39 is 17.5 Å². The van der Waals surface area contributed by atoms with E-state index in [2.05, 4.69) is 0 Å². The fraction of sp³-hybridized carbons (Fsp3) is 0.462. The smallest absolute Gasteiger partial charge is 0.227 e. The van der Waals surface area contributed by atoms with Gasteiger partial charge in [0.1, 0.15) is 11.6 Å². The minimum Gasteiger partial charge on any atom is -0.395 e. The maximum absolute atomic E-state index is 13.4. The largest absolute Gasteiger partial charge is 0.395 e. The van der Waals surface area contributed by atoms with Gasteiger partial charge in [-0.15, -0.1) is 0 Å². The van der Waals surface area contributed by atoms with Gasteiger partial charge in [-0.25, -0.2) is 8.78 Å². The summed E-state index contributed by atoms with van der Waals surface area (Å²) in [6.07, 6.45) is -0.373. The first-order valence-corrected chi connectivity index (χ1v) is 5.90. The summed E-state index contributed by atoms with van der Waals surface area (Å²) in [7, 11) is 1.48. The SMILES string of the molecule is COCCN(CCO)C(=O)Cc1c(F)cccc1F. The Balaban J connectivity index is 2.75. The number of hydrogen-bond acceptors (Lipinski definition) is 3. The lowest BCUT2D eigenvalue weighted by molar-refractivity contribution is -0.131. The van der Waals surface area contributed by atoms with E-state index in [1.807, 2.05) is 0 Å². The minimum absolute atomic E-state index is 0.109. The van der Waals surface area contributed by atoms with Crippen molar-refractivity contribution in [1.82, 2.24) is 4.90 Å². The van der Waals surface area contributed by atoms with Crippen molar-refractivity contribution >= 4 is 5.91 Å². The summed E-state index contributed by atoms with van der Waals surface area (Å²) in [6, 6.07) is 3.46. The zero-order chi connectivity index (χ0) is 14.3. The number of aliphatic hydroxyl groups excluding tert-OH is 1. The molecule has 0 bridgehead atoms. The van der Waals surface area contributed by atoms with E-state index in [1.165, 1.54) is 18.1 Å². The molecule has 1 amide bonds. The average Bonchev–Trinajstić information content (AvgIpc) is 2.38.